The molecule has 7 nitrogen and oxygen atoms in total. The van der Waals surface area contributed by atoms with E-state index in [0.29, 0.717) is 5.69 Å². The van der Waals surface area contributed by atoms with E-state index in [-0.39, 0.29) is 18.1 Å². The highest BCUT2D eigenvalue weighted by molar-refractivity contribution is 5.94. The summed E-state index contributed by atoms with van der Waals surface area (Å²) in [7, 11) is 4.04. The van der Waals surface area contributed by atoms with Crippen molar-refractivity contribution in [1.29, 1.82) is 0 Å². The highest BCUT2D eigenvalue weighted by Gasteiger charge is 2.30. The van der Waals surface area contributed by atoms with Gasteiger partial charge in [0.05, 0.1) is 17.9 Å². The molecule has 0 spiro atoms. The molecule has 2 aliphatic rings. The van der Waals surface area contributed by atoms with Gasteiger partial charge in [-0.2, -0.15) is 5.10 Å². The van der Waals surface area contributed by atoms with Gasteiger partial charge in [-0.25, -0.2) is 0 Å². The number of hydrogen-bond donors (Lipinski definition) is 1. The molecule has 2 aliphatic heterocycles. The third-order valence-corrected chi connectivity index (χ3v) is 5.35. The summed E-state index contributed by atoms with van der Waals surface area (Å²) in [6.07, 6.45) is 1.82. The van der Waals surface area contributed by atoms with Crippen LogP contribution in [0.5, 0.6) is 0 Å². The van der Waals surface area contributed by atoms with Gasteiger partial charge in [0, 0.05) is 51.8 Å². The Morgan fingerprint density at radius 1 is 1.32 bits per heavy atom. The Labute approximate surface area is 150 Å². The lowest BCUT2D eigenvalue weighted by atomic mass is 9.99. The molecule has 1 aromatic heterocycles. The number of rotatable bonds is 5. The molecule has 0 aromatic carbocycles. The lowest BCUT2D eigenvalue weighted by Crippen LogP contribution is -2.45. The van der Waals surface area contributed by atoms with Crippen molar-refractivity contribution < 1.29 is 9.53 Å². The summed E-state index contributed by atoms with van der Waals surface area (Å²) < 4.78 is 5.80. The van der Waals surface area contributed by atoms with Gasteiger partial charge >= 0.3 is 0 Å². The van der Waals surface area contributed by atoms with E-state index in [2.05, 4.69) is 27.0 Å². The molecule has 1 aromatic rings. The average molecular weight is 349 g/mol. The number of nitrogens with zero attached hydrogens (tertiary/aromatic N) is 4. The summed E-state index contributed by atoms with van der Waals surface area (Å²) in [4.78, 5) is 19.4. The van der Waals surface area contributed by atoms with Crippen molar-refractivity contribution in [2.75, 3.05) is 53.4 Å². The molecule has 1 saturated heterocycles. The normalized spacial score (nSPS) is 25.0. The summed E-state index contributed by atoms with van der Waals surface area (Å²) in [6.45, 7) is 10.4. The minimum absolute atomic E-state index is 0.0113. The number of carbonyl (C=O) groups is 1. The predicted molar refractivity (Wildman–Crippen MR) is 96.8 cm³/mol. The summed E-state index contributed by atoms with van der Waals surface area (Å²) >= 11 is 0. The SMILES string of the molecule is C[C@@H]1Cc2c(C(=O)N(C)CCCN3CCN(C)CC3)n[nH]c2[C@H](C)O1. The van der Waals surface area contributed by atoms with E-state index in [1.807, 2.05) is 20.9 Å². The fraction of sp³-hybridized carbons (Fsp3) is 0.778. The highest BCUT2D eigenvalue weighted by Crippen LogP contribution is 2.30. The van der Waals surface area contributed by atoms with Crippen LogP contribution in [0.4, 0.5) is 0 Å². The second kappa shape index (κ2) is 7.85. The quantitative estimate of drug-likeness (QED) is 0.864. The fourth-order valence-corrected chi connectivity index (χ4v) is 3.74. The third kappa shape index (κ3) is 4.22. The maximum atomic E-state index is 12.8. The van der Waals surface area contributed by atoms with Crippen LogP contribution in [0.25, 0.3) is 0 Å². The van der Waals surface area contributed by atoms with Crippen molar-refractivity contribution >= 4 is 5.91 Å². The maximum Gasteiger partial charge on any atom is 0.274 e. The van der Waals surface area contributed by atoms with Gasteiger partial charge in [-0.05, 0) is 33.9 Å². The topological polar surface area (TPSA) is 64.7 Å². The van der Waals surface area contributed by atoms with Crippen LogP contribution >= 0.6 is 0 Å². The Balaban J connectivity index is 1.53. The number of hydrogen-bond acceptors (Lipinski definition) is 5. The molecule has 0 saturated carbocycles. The first-order valence-corrected chi connectivity index (χ1v) is 9.34. The van der Waals surface area contributed by atoms with E-state index in [4.69, 9.17) is 4.74 Å². The molecule has 0 radical (unpaired) electrons. The van der Waals surface area contributed by atoms with Gasteiger partial charge in [0.2, 0.25) is 0 Å². The van der Waals surface area contributed by atoms with E-state index < -0.39 is 0 Å². The zero-order valence-corrected chi connectivity index (χ0v) is 15.9. The minimum Gasteiger partial charge on any atom is -0.369 e. The Bertz CT molecular complexity index is 594. The number of amides is 1. The molecule has 2 atom stereocenters. The van der Waals surface area contributed by atoms with Gasteiger partial charge in [-0.1, -0.05) is 0 Å². The maximum absolute atomic E-state index is 12.8. The van der Waals surface area contributed by atoms with Gasteiger partial charge in [-0.3, -0.25) is 9.89 Å². The van der Waals surface area contributed by atoms with Crippen LogP contribution in [-0.4, -0.2) is 90.3 Å². The molecular weight excluding hydrogens is 318 g/mol. The number of fused-ring (bicyclic) bond motifs is 1. The largest absolute Gasteiger partial charge is 0.369 e. The zero-order chi connectivity index (χ0) is 18.0. The van der Waals surface area contributed by atoms with E-state index >= 15 is 0 Å². The first kappa shape index (κ1) is 18.4. The predicted octanol–water partition coefficient (Wildman–Crippen LogP) is 1.14. The van der Waals surface area contributed by atoms with Crippen LogP contribution in [0.15, 0.2) is 0 Å². The summed E-state index contributed by atoms with van der Waals surface area (Å²) in [5, 5.41) is 7.31. The fourth-order valence-electron chi connectivity index (χ4n) is 3.74. The highest BCUT2D eigenvalue weighted by atomic mass is 16.5. The number of ether oxygens (including phenoxy) is 1. The Morgan fingerprint density at radius 2 is 2.04 bits per heavy atom. The van der Waals surface area contributed by atoms with Gasteiger partial charge in [0.15, 0.2) is 5.69 Å². The van der Waals surface area contributed by atoms with Crippen molar-refractivity contribution in [2.24, 2.45) is 0 Å². The second-order valence-corrected chi connectivity index (χ2v) is 7.48. The van der Waals surface area contributed by atoms with Crippen molar-refractivity contribution in [3.63, 3.8) is 0 Å². The number of aromatic nitrogens is 2. The minimum atomic E-state index is -0.0321. The van der Waals surface area contributed by atoms with E-state index in [0.717, 1.165) is 63.4 Å². The molecular formula is C18H31N5O2. The molecule has 25 heavy (non-hydrogen) atoms. The van der Waals surface area contributed by atoms with Crippen LogP contribution in [0.3, 0.4) is 0 Å². The molecule has 1 fully saturated rings. The van der Waals surface area contributed by atoms with Crippen LogP contribution < -0.4 is 0 Å². The summed E-state index contributed by atoms with van der Waals surface area (Å²) in [5.41, 5.74) is 2.55. The Hall–Kier alpha value is -1.44. The first-order valence-electron chi connectivity index (χ1n) is 9.34. The molecule has 1 N–H and O–H groups in total. The van der Waals surface area contributed by atoms with Gasteiger partial charge in [0.25, 0.3) is 5.91 Å². The number of piperazine rings is 1. The van der Waals surface area contributed by atoms with E-state index in [1.54, 1.807) is 4.90 Å². The monoisotopic (exact) mass is 349 g/mol. The number of aromatic amines is 1. The van der Waals surface area contributed by atoms with Crippen LogP contribution in [-0.2, 0) is 11.2 Å². The second-order valence-electron chi connectivity index (χ2n) is 7.48. The van der Waals surface area contributed by atoms with Gasteiger partial charge < -0.3 is 19.4 Å². The molecule has 1 amide bonds. The van der Waals surface area contributed by atoms with Crippen molar-refractivity contribution in [3.05, 3.63) is 17.0 Å². The van der Waals surface area contributed by atoms with Gasteiger partial charge in [-0.15, -0.1) is 0 Å². The van der Waals surface area contributed by atoms with Crippen molar-refractivity contribution in [2.45, 2.75) is 38.9 Å². The zero-order valence-electron chi connectivity index (χ0n) is 15.9. The van der Waals surface area contributed by atoms with Crippen LogP contribution in [0.2, 0.25) is 0 Å². The first-order chi connectivity index (χ1) is 12.0. The van der Waals surface area contributed by atoms with Crippen LogP contribution in [0, 0.1) is 0 Å². The molecule has 140 valence electrons. The smallest absolute Gasteiger partial charge is 0.274 e. The van der Waals surface area contributed by atoms with Crippen molar-refractivity contribution in [3.8, 4) is 0 Å². The summed E-state index contributed by atoms with van der Waals surface area (Å²) in [5.74, 6) is 0.0113. The van der Waals surface area contributed by atoms with Crippen molar-refractivity contribution in [1.82, 2.24) is 24.9 Å². The number of carbonyl (C=O) groups excluding carboxylic acids is 1. The van der Waals surface area contributed by atoms with E-state index in [9.17, 15) is 4.79 Å². The Kier molecular flexibility index (Phi) is 5.76. The molecule has 0 bridgehead atoms. The molecule has 7 heteroatoms. The number of nitrogens with one attached hydrogen (secondary N) is 1. The number of H-pyrrole nitrogens is 1. The van der Waals surface area contributed by atoms with Crippen LogP contribution in [0.1, 0.15) is 48.1 Å². The molecule has 3 heterocycles. The summed E-state index contributed by atoms with van der Waals surface area (Å²) in [6, 6.07) is 0. The average Bonchev–Trinajstić information content (AvgIpc) is 3.00. The lowest BCUT2D eigenvalue weighted by molar-refractivity contribution is -0.00701. The number of likely N-dealkylation sites (N-methyl/N-ethyl adjacent to an activating group) is 1. The molecule has 3 rings (SSSR count). The van der Waals surface area contributed by atoms with E-state index in [1.165, 1.54) is 0 Å². The molecule has 0 unspecified atom stereocenters. The Morgan fingerprint density at radius 3 is 2.76 bits per heavy atom. The van der Waals surface area contributed by atoms with Gasteiger partial charge in [0.1, 0.15) is 0 Å². The molecule has 0 aliphatic carbocycles. The third-order valence-electron chi connectivity index (χ3n) is 5.35. The lowest BCUT2D eigenvalue weighted by Gasteiger charge is -2.32. The standard InChI is InChI=1S/C18H31N5O2/c1-13-12-15-16(14(2)25-13)19-20-17(15)18(24)22(4)6-5-7-23-10-8-21(3)9-11-23/h13-14H,5-12H2,1-4H3,(H,19,20)/t13-,14+/m1/s1.